The largest absolute Gasteiger partial charge is 0.496 e. The zero-order chi connectivity index (χ0) is 23.3. The van der Waals surface area contributed by atoms with Crippen molar-refractivity contribution in [2.75, 3.05) is 12.4 Å². The lowest BCUT2D eigenvalue weighted by Crippen LogP contribution is -2.13. The van der Waals surface area contributed by atoms with E-state index in [1.807, 2.05) is 0 Å². The Kier molecular flexibility index (Phi) is 6.26. The second-order valence-corrected chi connectivity index (χ2v) is 6.28. The number of amides is 1. The van der Waals surface area contributed by atoms with Crippen molar-refractivity contribution < 1.29 is 23.8 Å². The lowest BCUT2D eigenvalue weighted by Gasteiger charge is -2.06. The monoisotopic (exact) mass is 434 g/mol. The van der Waals surface area contributed by atoms with Crippen molar-refractivity contribution in [1.29, 1.82) is 5.26 Å². The van der Waals surface area contributed by atoms with E-state index >= 15 is 0 Å². The highest BCUT2D eigenvalue weighted by atomic mass is 16.6. The first-order valence-corrected chi connectivity index (χ1v) is 8.92. The number of nitrogens with zero attached hydrogens (tertiary/aromatic N) is 3. The molecule has 11 nitrogen and oxygen atoms in total. The van der Waals surface area contributed by atoms with Crippen molar-refractivity contribution in [3.05, 3.63) is 86.2 Å². The van der Waals surface area contributed by atoms with Gasteiger partial charge in [-0.05, 0) is 24.3 Å². The molecule has 11 heteroatoms. The highest BCUT2D eigenvalue weighted by Crippen LogP contribution is 2.34. The molecule has 1 N–H and O–H groups in total. The second-order valence-electron chi connectivity index (χ2n) is 6.28. The summed E-state index contributed by atoms with van der Waals surface area (Å²) < 4.78 is 10.8. The minimum atomic E-state index is -0.793. The van der Waals surface area contributed by atoms with Gasteiger partial charge < -0.3 is 14.5 Å². The van der Waals surface area contributed by atoms with Crippen molar-refractivity contribution in [2.24, 2.45) is 0 Å². The average Bonchev–Trinajstić information content (AvgIpc) is 3.25. The van der Waals surface area contributed by atoms with E-state index in [0.29, 0.717) is 11.3 Å². The Balaban J connectivity index is 1.87. The highest BCUT2D eigenvalue weighted by molar-refractivity contribution is 6.09. The van der Waals surface area contributed by atoms with E-state index in [4.69, 9.17) is 9.15 Å². The maximum Gasteiger partial charge on any atom is 0.271 e. The third kappa shape index (κ3) is 4.77. The van der Waals surface area contributed by atoms with Crippen LogP contribution >= 0.6 is 0 Å². The number of furan rings is 1. The zero-order valence-electron chi connectivity index (χ0n) is 16.5. The Hall–Kier alpha value is -4.98. The van der Waals surface area contributed by atoms with Gasteiger partial charge in [0.1, 0.15) is 28.9 Å². The molecule has 3 aromatic rings. The summed E-state index contributed by atoms with van der Waals surface area (Å²) in [5.74, 6) is -0.0873. The number of nitrogens with one attached hydrogen (secondary N) is 1. The molecule has 3 rings (SSSR count). The molecule has 0 radical (unpaired) electrons. The molecule has 0 saturated carbocycles. The molecule has 2 aromatic carbocycles. The van der Waals surface area contributed by atoms with Crippen LogP contribution in [-0.2, 0) is 4.79 Å². The molecule has 0 aliphatic heterocycles. The van der Waals surface area contributed by atoms with Crippen molar-refractivity contribution in [3.63, 3.8) is 0 Å². The van der Waals surface area contributed by atoms with E-state index in [0.717, 1.165) is 6.07 Å². The number of non-ortho nitro benzene ring substituents is 2. The van der Waals surface area contributed by atoms with Gasteiger partial charge in [0.2, 0.25) is 0 Å². The molecule has 32 heavy (non-hydrogen) atoms. The summed E-state index contributed by atoms with van der Waals surface area (Å²) in [6.07, 6.45) is 1.18. The molecule has 160 valence electrons. The predicted molar refractivity (Wildman–Crippen MR) is 113 cm³/mol. The molecular weight excluding hydrogens is 420 g/mol. The molecule has 0 atom stereocenters. The van der Waals surface area contributed by atoms with Crippen LogP contribution in [0, 0.1) is 31.6 Å². The van der Waals surface area contributed by atoms with Gasteiger partial charge in [0.25, 0.3) is 17.3 Å². The summed E-state index contributed by atoms with van der Waals surface area (Å²) >= 11 is 0. The van der Waals surface area contributed by atoms with Crippen molar-refractivity contribution in [1.82, 2.24) is 0 Å². The molecule has 0 fully saturated rings. The third-order valence-electron chi connectivity index (χ3n) is 4.25. The number of benzene rings is 2. The van der Waals surface area contributed by atoms with E-state index in [1.54, 1.807) is 6.07 Å². The molecule has 0 unspecified atom stereocenters. The molecule has 1 amide bonds. The number of carbonyl (C=O) groups is 1. The van der Waals surface area contributed by atoms with Crippen molar-refractivity contribution in [2.45, 2.75) is 0 Å². The van der Waals surface area contributed by atoms with Crippen LogP contribution in [0.3, 0.4) is 0 Å². The molecular formula is C21H14N4O7. The SMILES string of the molecule is COc1ccc([N+](=O)[O-])cc1-c1ccc(/C=C(\C#N)C(=O)Nc2cccc([N+](=O)[O-])c2)o1. The number of methoxy groups -OCH3 is 1. The number of hydrogen-bond acceptors (Lipinski definition) is 8. The van der Waals surface area contributed by atoms with Crippen LogP contribution in [0.1, 0.15) is 5.76 Å². The van der Waals surface area contributed by atoms with E-state index in [1.165, 1.54) is 61.7 Å². The number of nitro groups is 2. The fourth-order valence-electron chi connectivity index (χ4n) is 2.76. The van der Waals surface area contributed by atoms with Gasteiger partial charge in [0.05, 0.1) is 22.5 Å². The van der Waals surface area contributed by atoms with E-state index in [9.17, 15) is 30.3 Å². The highest BCUT2D eigenvalue weighted by Gasteiger charge is 2.17. The van der Waals surface area contributed by atoms with Crippen LogP contribution in [0.15, 0.2) is 64.6 Å². The smallest absolute Gasteiger partial charge is 0.271 e. The Morgan fingerprint density at radius 2 is 1.81 bits per heavy atom. The van der Waals surface area contributed by atoms with Crippen LogP contribution < -0.4 is 10.1 Å². The molecule has 1 heterocycles. The maximum atomic E-state index is 12.4. The zero-order valence-corrected chi connectivity index (χ0v) is 16.5. The van der Waals surface area contributed by atoms with Gasteiger partial charge in [-0.3, -0.25) is 25.0 Å². The van der Waals surface area contributed by atoms with Gasteiger partial charge >= 0.3 is 0 Å². The van der Waals surface area contributed by atoms with E-state index in [2.05, 4.69) is 5.32 Å². The minimum absolute atomic E-state index is 0.138. The first kappa shape index (κ1) is 21.7. The standard InChI is InChI=1S/C21H14N4O7/c1-31-19-7-5-16(25(29)30)11-18(19)20-8-6-17(32-20)9-13(12-22)21(26)23-14-3-2-4-15(10-14)24(27)28/h2-11H,1H3,(H,23,26)/b13-9+. The summed E-state index contributed by atoms with van der Waals surface area (Å²) in [7, 11) is 1.40. The molecule has 1 aromatic heterocycles. The van der Waals surface area contributed by atoms with Crippen LogP contribution in [0.25, 0.3) is 17.4 Å². The fraction of sp³-hybridized carbons (Fsp3) is 0.0476. The molecule has 0 saturated heterocycles. The van der Waals surface area contributed by atoms with Gasteiger partial charge in [0.15, 0.2) is 0 Å². The van der Waals surface area contributed by atoms with Gasteiger partial charge in [0, 0.05) is 36.0 Å². The fourth-order valence-corrected chi connectivity index (χ4v) is 2.76. The number of ether oxygens (including phenoxy) is 1. The lowest BCUT2D eigenvalue weighted by molar-refractivity contribution is -0.385. The predicted octanol–water partition coefficient (Wildman–Crippen LogP) is 4.32. The number of anilines is 1. The lowest BCUT2D eigenvalue weighted by atomic mass is 10.1. The summed E-state index contributed by atoms with van der Waals surface area (Å²) in [4.78, 5) is 33.2. The maximum absolute atomic E-state index is 12.4. The summed E-state index contributed by atoms with van der Waals surface area (Å²) in [6.45, 7) is 0. The molecule has 0 aliphatic rings. The Morgan fingerprint density at radius 3 is 2.47 bits per heavy atom. The first-order valence-electron chi connectivity index (χ1n) is 8.92. The second kappa shape index (κ2) is 9.23. The number of carbonyl (C=O) groups excluding carboxylic acids is 1. The number of hydrogen-bond donors (Lipinski definition) is 1. The number of nitro benzene ring substituents is 2. The molecule has 0 aliphatic carbocycles. The topological polar surface area (TPSA) is 162 Å². The molecule has 0 spiro atoms. The van der Waals surface area contributed by atoms with Crippen LogP contribution in [0.2, 0.25) is 0 Å². The Morgan fingerprint density at radius 1 is 1.09 bits per heavy atom. The van der Waals surface area contributed by atoms with Gasteiger partial charge in [-0.1, -0.05) is 6.07 Å². The Labute approximate surface area is 180 Å². The minimum Gasteiger partial charge on any atom is -0.496 e. The third-order valence-corrected chi connectivity index (χ3v) is 4.25. The van der Waals surface area contributed by atoms with Crippen LogP contribution in [0.4, 0.5) is 17.1 Å². The molecule has 0 bridgehead atoms. The average molecular weight is 434 g/mol. The summed E-state index contributed by atoms with van der Waals surface area (Å²) in [5, 5.41) is 33.7. The quantitative estimate of drug-likeness (QED) is 0.249. The summed E-state index contributed by atoms with van der Waals surface area (Å²) in [5.41, 5.74) is -0.230. The van der Waals surface area contributed by atoms with E-state index < -0.39 is 15.8 Å². The summed E-state index contributed by atoms with van der Waals surface area (Å²) in [6, 6.07) is 14.0. The number of nitriles is 1. The van der Waals surface area contributed by atoms with Crippen molar-refractivity contribution in [3.8, 4) is 23.1 Å². The first-order chi connectivity index (χ1) is 15.3. The van der Waals surface area contributed by atoms with Gasteiger partial charge in [-0.2, -0.15) is 5.26 Å². The van der Waals surface area contributed by atoms with Crippen LogP contribution in [-0.4, -0.2) is 22.9 Å². The van der Waals surface area contributed by atoms with Gasteiger partial charge in [-0.15, -0.1) is 0 Å². The van der Waals surface area contributed by atoms with E-state index in [-0.39, 0.29) is 34.2 Å². The van der Waals surface area contributed by atoms with Crippen LogP contribution in [0.5, 0.6) is 5.75 Å². The number of rotatable bonds is 7. The Bertz CT molecular complexity index is 1290. The van der Waals surface area contributed by atoms with Crippen molar-refractivity contribution >= 4 is 29.0 Å². The van der Waals surface area contributed by atoms with Gasteiger partial charge in [-0.25, -0.2) is 0 Å². The normalized spacial score (nSPS) is 10.8.